The second kappa shape index (κ2) is 12.9. The van der Waals surface area contributed by atoms with E-state index in [1.807, 2.05) is 13.8 Å². The molecule has 0 spiro atoms. The van der Waals surface area contributed by atoms with Crippen LogP contribution in [0.3, 0.4) is 0 Å². The van der Waals surface area contributed by atoms with E-state index in [9.17, 15) is 0 Å². The summed E-state index contributed by atoms with van der Waals surface area (Å²) in [5, 5.41) is 0. The number of likely N-dealkylation sites (N-methyl/N-ethyl adjacent to an activating group) is 1. The molecule has 0 atom stereocenters. The molecule has 0 amide bonds. The van der Waals surface area contributed by atoms with Gasteiger partial charge in [-0.05, 0) is 25.3 Å². The van der Waals surface area contributed by atoms with Crippen molar-refractivity contribution in [2.45, 2.75) is 47.5 Å². The molecule has 0 saturated carbocycles. The lowest BCUT2D eigenvalue weighted by molar-refractivity contribution is 0.0746. The lowest BCUT2D eigenvalue weighted by Gasteiger charge is -2.33. The van der Waals surface area contributed by atoms with Crippen LogP contribution in [0.15, 0.2) is 0 Å². The van der Waals surface area contributed by atoms with Crippen molar-refractivity contribution in [3.63, 3.8) is 0 Å². The highest BCUT2D eigenvalue weighted by atomic mass is 16.5. The number of hydrogen-bond acceptors (Lipinski definition) is 3. The van der Waals surface area contributed by atoms with E-state index < -0.39 is 0 Å². The van der Waals surface area contributed by atoms with E-state index in [4.69, 9.17) is 4.74 Å². The molecule has 19 heavy (non-hydrogen) atoms. The van der Waals surface area contributed by atoms with Gasteiger partial charge in [-0.15, -0.1) is 0 Å². The highest BCUT2D eigenvalue weighted by Crippen LogP contribution is 2.04. The van der Waals surface area contributed by atoms with Gasteiger partial charge in [0.05, 0.1) is 6.61 Å². The largest absolute Gasteiger partial charge is 0.380 e. The van der Waals surface area contributed by atoms with E-state index >= 15 is 0 Å². The fourth-order valence-corrected chi connectivity index (χ4v) is 2.22. The topological polar surface area (TPSA) is 15.7 Å². The van der Waals surface area contributed by atoms with Crippen LogP contribution in [0, 0.1) is 5.92 Å². The van der Waals surface area contributed by atoms with Crippen molar-refractivity contribution in [2.75, 3.05) is 52.5 Å². The van der Waals surface area contributed by atoms with E-state index in [-0.39, 0.29) is 0 Å². The molecular formula is C16H36N2O. The van der Waals surface area contributed by atoms with Crippen LogP contribution in [-0.4, -0.2) is 62.3 Å². The van der Waals surface area contributed by atoms with Gasteiger partial charge in [-0.2, -0.15) is 0 Å². The molecule has 1 rings (SSSR count). The van der Waals surface area contributed by atoms with Gasteiger partial charge in [0.2, 0.25) is 0 Å². The predicted octanol–water partition coefficient (Wildman–Crippen LogP) is 3.10. The van der Waals surface area contributed by atoms with Gasteiger partial charge in [0.15, 0.2) is 0 Å². The summed E-state index contributed by atoms with van der Waals surface area (Å²) >= 11 is 0. The zero-order valence-corrected chi connectivity index (χ0v) is 14.0. The summed E-state index contributed by atoms with van der Waals surface area (Å²) in [6.07, 6.45) is 2.50. The molecular weight excluding hydrogens is 236 g/mol. The van der Waals surface area contributed by atoms with Gasteiger partial charge in [-0.1, -0.05) is 34.6 Å². The van der Waals surface area contributed by atoms with E-state index in [0.29, 0.717) is 0 Å². The molecule has 0 aliphatic carbocycles. The Balaban J connectivity index is 0.00000154. The van der Waals surface area contributed by atoms with Crippen LogP contribution in [0.5, 0.6) is 0 Å². The lowest BCUT2D eigenvalue weighted by atomic mass is 10.1. The second-order valence-electron chi connectivity index (χ2n) is 5.42. The third-order valence-electron chi connectivity index (χ3n) is 3.53. The Morgan fingerprint density at radius 2 is 1.53 bits per heavy atom. The molecule has 0 aromatic heterocycles. The van der Waals surface area contributed by atoms with E-state index in [0.717, 1.165) is 25.7 Å². The maximum Gasteiger partial charge on any atom is 0.0593 e. The smallest absolute Gasteiger partial charge is 0.0593 e. The molecule has 1 aliphatic heterocycles. The van der Waals surface area contributed by atoms with Gasteiger partial charge >= 0.3 is 0 Å². The molecule has 0 aromatic rings. The lowest BCUT2D eigenvalue weighted by Crippen LogP contribution is -2.47. The van der Waals surface area contributed by atoms with E-state index in [1.54, 1.807) is 0 Å². The third kappa shape index (κ3) is 10.3. The Morgan fingerprint density at radius 1 is 0.947 bits per heavy atom. The summed E-state index contributed by atoms with van der Waals surface area (Å²) in [5.41, 5.74) is 0. The molecule has 1 aliphatic rings. The zero-order chi connectivity index (χ0) is 14.5. The summed E-state index contributed by atoms with van der Waals surface area (Å²) < 4.78 is 5.68. The zero-order valence-electron chi connectivity index (χ0n) is 14.0. The van der Waals surface area contributed by atoms with Gasteiger partial charge in [0.25, 0.3) is 0 Å². The second-order valence-corrected chi connectivity index (χ2v) is 5.42. The number of rotatable bonds is 8. The molecule has 0 radical (unpaired) electrons. The molecule has 3 nitrogen and oxygen atoms in total. The Morgan fingerprint density at radius 3 is 2.05 bits per heavy atom. The van der Waals surface area contributed by atoms with Gasteiger partial charge in [-0.25, -0.2) is 0 Å². The fourth-order valence-electron chi connectivity index (χ4n) is 2.22. The van der Waals surface area contributed by atoms with Crippen molar-refractivity contribution in [1.29, 1.82) is 0 Å². The maximum absolute atomic E-state index is 5.68. The molecule has 0 bridgehead atoms. The monoisotopic (exact) mass is 272 g/mol. The van der Waals surface area contributed by atoms with Crippen LogP contribution in [0.1, 0.15) is 47.5 Å². The highest BCUT2D eigenvalue weighted by molar-refractivity contribution is 4.70. The predicted molar refractivity (Wildman–Crippen MR) is 84.8 cm³/mol. The van der Waals surface area contributed by atoms with E-state index in [1.165, 1.54) is 45.6 Å². The molecule has 1 fully saturated rings. The Labute approximate surface area is 121 Å². The summed E-state index contributed by atoms with van der Waals surface area (Å²) in [4.78, 5) is 5.04. The van der Waals surface area contributed by atoms with Crippen molar-refractivity contribution in [2.24, 2.45) is 5.92 Å². The Hall–Kier alpha value is -0.120. The van der Waals surface area contributed by atoms with Crippen molar-refractivity contribution in [3.8, 4) is 0 Å². The first-order valence-electron chi connectivity index (χ1n) is 8.24. The van der Waals surface area contributed by atoms with Crippen molar-refractivity contribution in [3.05, 3.63) is 0 Å². The Bertz CT molecular complexity index is 178. The summed E-state index contributed by atoms with van der Waals surface area (Å²) in [6, 6.07) is 0. The van der Waals surface area contributed by atoms with Crippen molar-refractivity contribution >= 4 is 0 Å². The van der Waals surface area contributed by atoms with Crippen LogP contribution >= 0.6 is 0 Å². The normalized spacial score (nSPS) is 17.4. The first-order chi connectivity index (χ1) is 9.22. The molecule has 116 valence electrons. The number of piperazine rings is 1. The summed E-state index contributed by atoms with van der Waals surface area (Å²) in [5.74, 6) is 0.806. The van der Waals surface area contributed by atoms with Gasteiger partial charge in [0.1, 0.15) is 0 Å². The molecule has 1 saturated heterocycles. The van der Waals surface area contributed by atoms with Crippen LogP contribution < -0.4 is 0 Å². The van der Waals surface area contributed by atoms with Gasteiger partial charge in [0, 0.05) is 39.3 Å². The first-order valence-corrected chi connectivity index (χ1v) is 8.24. The molecule has 1 heterocycles. The molecule has 3 heteroatoms. The number of ether oxygens (including phenoxy) is 1. The molecule has 0 unspecified atom stereocenters. The molecule has 0 N–H and O–H groups in total. The number of nitrogens with zero attached hydrogens (tertiary/aromatic N) is 2. The standard InChI is InChI=1S/C14H30N2O.C2H6/c1-4-15-7-9-16(10-8-15)11-13-17-12-5-6-14(2)3;1-2/h14H,4-13H2,1-3H3;1-2H3. The average Bonchev–Trinajstić information content (AvgIpc) is 2.45. The van der Waals surface area contributed by atoms with Gasteiger partial charge < -0.3 is 9.64 Å². The number of hydrogen-bond donors (Lipinski definition) is 0. The third-order valence-corrected chi connectivity index (χ3v) is 3.53. The van der Waals surface area contributed by atoms with Crippen molar-refractivity contribution in [1.82, 2.24) is 9.80 Å². The quantitative estimate of drug-likeness (QED) is 0.632. The highest BCUT2D eigenvalue weighted by Gasteiger charge is 2.14. The van der Waals surface area contributed by atoms with Crippen LogP contribution in [0.2, 0.25) is 0 Å². The first kappa shape index (κ1) is 18.9. The minimum atomic E-state index is 0.806. The average molecular weight is 272 g/mol. The Kier molecular flexibility index (Phi) is 12.8. The van der Waals surface area contributed by atoms with Gasteiger partial charge in [-0.3, -0.25) is 4.90 Å². The van der Waals surface area contributed by atoms with Crippen molar-refractivity contribution < 1.29 is 4.74 Å². The van der Waals surface area contributed by atoms with Crippen LogP contribution in [-0.2, 0) is 4.74 Å². The van der Waals surface area contributed by atoms with Crippen LogP contribution in [0.25, 0.3) is 0 Å². The van der Waals surface area contributed by atoms with E-state index in [2.05, 4.69) is 30.6 Å². The minimum absolute atomic E-state index is 0.806. The maximum atomic E-state index is 5.68. The fraction of sp³-hybridized carbons (Fsp3) is 1.00. The minimum Gasteiger partial charge on any atom is -0.380 e. The van der Waals surface area contributed by atoms with Crippen LogP contribution in [0.4, 0.5) is 0 Å². The summed E-state index contributed by atoms with van der Waals surface area (Å²) in [7, 11) is 0. The SMILES string of the molecule is CC.CCN1CCN(CCOCCCC(C)C)CC1. The molecule has 0 aromatic carbocycles. The summed E-state index contributed by atoms with van der Waals surface area (Å²) in [6.45, 7) is 19.8.